The fourth-order valence-corrected chi connectivity index (χ4v) is 8.66. The largest absolute Gasteiger partial charge is 0.449 e. The number of carbonyl (C=O) groups is 5. The van der Waals surface area contributed by atoms with Crippen LogP contribution < -0.4 is 10.6 Å². The van der Waals surface area contributed by atoms with Crippen LogP contribution in [0.25, 0.3) is 0 Å². The van der Waals surface area contributed by atoms with Crippen LogP contribution in [0.3, 0.4) is 0 Å². The number of ketones is 1. The van der Waals surface area contributed by atoms with Gasteiger partial charge in [-0.1, -0.05) is 72.6 Å². The second kappa shape index (κ2) is 13.8. The normalized spacial score (nSPS) is 35.1. The number of nitrogens with one attached hydrogen (secondary N) is 2. The summed E-state index contributed by atoms with van der Waals surface area (Å²) in [5.41, 5.74) is 1.80. The number of nitrogens with zero attached hydrogens (tertiary/aromatic N) is 2. The highest BCUT2D eigenvalue weighted by Crippen LogP contribution is 2.57. The Hall–Kier alpha value is -3.67. The lowest BCUT2D eigenvalue weighted by Crippen LogP contribution is -2.64. The molecule has 12 heteroatoms. The summed E-state index contributed by atoms with van der Waals surface area (Å²) in [6.45, 7) is 12.2. The number of ether oxygens (including phenoxy) is 2. The van der Waals surface area contributed by atoms with Gasteiger partial charge >= 0.3 is 12.2 Å². The minimum absolute atomic E-state index is 0.0145. The highest BCUT2D eigenvalue weighted by molar-refractivity contribution is 5.96. The summed E-state index contributed by atoms with van der Waals surface area (Å²) in [5.74, 6) is -2.08. The Balaban J connectivity index is 1.28. The molecule has 1 aromatic carbocycles. The zero-order valence-electron chi connectivity index (χ0n) is 30.3. The molecule has 50 heavy (non-hydrogen) atoms. The van der Waals surface area contributed by atoms with Crippen LogP contribution in [-0.2, 0) is 43.4 Å². The van der Waals surface area contributed by atoms with E-state index in [0.717, 1.165) is 43.2 Å². The van der Waals surface area contributed by atoms with Gasteiger partial charge in [0.25, 0.3) is 0 Å². The molecule has 3 heterocycles. The van der Waals surface area contributed by atoms with Crippen molar-refractivity contribution in [2.75, 3.05) is 13.2 Å². The second-order valence-corrected chi connectivity index (χ2v) is 16.5. The quantitative estimate of drug-likeness (QED) is 0.426. The summed E-state index contributed by atoms with van der Waals surface area (Å²) in [6, 6.07) is 4.10. The molecule has 2 saturated carbocycles. The molecule has 0 aromatic heterocycles. The van der Waals surface area contributed by atoms with Gasteiger partial charge in [-0.15, -0.1) is 0 Å². The third-order valence-corrected chi connectivity index (χ3v) is 11.9. The first-order valence-electron chi connectivity index (χ1n) is 18.5. The number of aliphatic hydroxyl groups is 1. The van der Waals surface area contributed by atoms with Crippen molar-refractivity contribution >= 4 is 29.8 Å². The summed E-state index contributed by atoms with van der Waals surface area (Å²) < 4.78 is 11.6. The Morgan fingerprint density at radius 2 is 1.84 bits per heavy atom. The number of carbonyl (C=O) groups excluding carboxylic acids is 5. The van der Waals surface area contributed by atoms with Gasteiger partial charge in [0.15, 0.2) is 0 Å². The molecule has 4 amide bonds. The predicted molar refractivity (Wildman–Crippen MR) is 183 cm³/mol. The maximum Gasteiger partial charge on any atom is 0.410 e. The van der Waals surface area contributed by atoms with Crippen molar-refractivity contribution in [1.29, 1.82) is 0 Å². The van der Waals surface area contributed by atoms with Gasteiger partial charge in [-0.25, -0.2) is 9.59 Å². The lowest BCUT2D eigenvalue weighted by atomic mass is 9.65. The van der Waals surface area contributed by atoms with Gasteiger partial charge in [-0.3, -0.25) is 19.3 Å². The number of amides is 4. The van der Waals surface area contributed by atoms with Crippen molar-refractivity contribution in [3.8, 4) is 0 Å². The first kappa shape index (κ1) is 36.1. The highest BCUT2D eigenvalue weighted by Gasteiger charge is 2.68. The molecule has 1 saturated heterocycles. The van der Waals surface area contributed by atoms with Crippen molar-refractivity contribution in [2.45, 2.75) is 129 Å². The van der Waals surface area contributed by atoms with Gasteiger partial charge in [0.1, 0.15) is 24.0 Å². The maximum absolute atomic E-state index is 14.4. The second-order valence-electron chi connectivity index (χ2n) is 16.5. The van der Waals surface area contributed by atoms with Crippen LogP contribution in [0.4, 0.5) is 9.59 Å². The summed E-state index contributed by atoms with van der Waals surface area (Å²) >= 11 is 0. The van der Waals surface area contributed by atoms with E-state index in [4.69, 9.17) is 9.47 Å². The van der Waals surface area contributed by atoms with Crippen molar-refractivity contribution in [2.24, 2.45) is 29.1 Å². The third-order valence-electron chi connectivity index (χ3n) is 11.9. The Kier molecular flexibility index (Phi) is 9.98. The Morgan fingerprint density at radius 3 is 2.52 bits per heavy atom. The minimum Gasteiger partial charge on any atom is -0.449 e. The average Bonchev–Trinajstić information content (AvgIpc) is 3.36. The van der Waals surface area contributed by atoms with E-state index in [-0.39, 0.29) is 37.2 Å². The SMILES string of the molecule is CC[C@@H]1C[C@]1(NC(=O)C1C[C@@H]2CN1C(=O)[C@H](C(C)(C)C)NC(=O)OC[C@H](C)CCCCc1cccc3c1CN(C3)C(=O)O2)C1C(=O)C(C)C1O. The molecule has 4 unspecified atom stereocenters. The number of hydrogen-bond donors (Lipinski definition) is 3. The average molecular weight is 695 g/mol. The first-order chi connectivity index (χ1) is 23.6. The van der Waals surface area contributed by atoms with Crippen LogP contribution in [0, 0.1) is 29.1 Å². The van der Waals surface area contributed by atoms with Crippen LogP contribution in [0.2, 0.25) is 0 Å². The van der Waals surface area contributed by atoms with E-state index < -0.39 is 71.1 Å². The maximum atomic E-state index is 14.4. The standard InChI is InChI=1S/C38H54N4O8/c1-7-25-16-38(25,29-30(43)22(3)31(29)44)40-33(45)28-15-26-18-42(28)34(46)32(37(4,5)6)39-35(47)49-20-21(2)11-8-9-12-23-13-10-14-24-17-41(19-27(23)24)36(48)50-26/h10,13-14,21-22,25-26,28-30,32,43H,7-9,11-12,15-20H2,1-6H3,(H,39,47)(H,40,45)/t21-,22?,25-,26-,28?,29?,30?,32-,38-/m1/s1. The summed E-state index contributed by atoms with van der Waals surface area (Å²) in [6.07, 6.45) is 2.15. The minimum atomic E-state index is -1.04. The Bertz CT molecular complexity index is 1520. The lowest BCUT2D eigenvalue weighted by molar-refractivity contribution is -0.155. The molecule has 12 nitrogen and oxygen atoms in total. The Labute approximate surface area is 295 Å². The molecule has 1 aromatic rings. The monoisotopic (exact) mass is 694 g/mol. The molecule has 2 aliphatic carbocycles. The van der Waals surface area contributed by atoms with Crippen LogP contribution in [0.15, 0.2) is 18.2 Å². The van der Waals surface area contributed by atoms with Gasteiger partial charge in [0.2, 0.25) is 11.8 Å². The fraction of sp³-hybridized carbons (Fsp3) is 0.711. The number of Topliss-reactive ketones (excluding diaryl/α,β-unsaturated/α-hetero) is 1. The summed E-state index contributed by atoms with van der Waals surface area (Å²) in [5, 5.41) is 16.7. The van der Waals surface area contributed by atoms with E-state index in [1.165, 1.54) is 10.5 Å². The number of hydrogen-bond acceptors (Lipinski definition) is 8. The van der Waals surface area contributed by atoms with Crippen molar-refractivity contribution in [1.82, 2.24) is 20.4 Å². The predicted octanol–water partition coefficient (Wildman–Crippen LogP) is 4.09. The van der Waals surface area contributed by atoms with Gasteiger partial charge in [0, 0.05) is 25.4 Å². The van der Waals surface area contributed by atoms with Gasteiger partial charge in [-0.2, -0.15) is 0 Å². The molecular formula is C38H54N4O8. The van der Waals surface area contributed by atoms with E-state index in [9.17, 15) is 29.1 Å². The van der Waals surface area contributed by atoms with Crippen molar-refractivity contribution in [3.05, 3.63) is 34.9 Å². The summed E-state index contributed by atoms with van der Waals surface area (Å²) in [4.78, 5) is 71.5. The number of alkyl carbamates (subject to hydrolysis) is 1. The van der Waals surface area contributed by atoms with E-state index >= 15 is 0 Å². The van der Waals surface area contributed by atoms with Gasteiger partial charge < -0.3 is 30.1 Å². The molecule has 9 atom stereocenters. The van der Waals surface area contributed by atoms with E-state index in [2.05, 4.69) is 16.7 Å². The fourth-order valence-electron chi connectivity index (χ4n) is 8.66. The van der Waals surface area contributed by atoms with E-state index in [1.807, 2.05) is 46.8 Å². The van der Waals surface area contributed by atoms with E-state index in [0.29, 0.717) is 19.5 Å². The molecule has 0 radical (unpaired) electrons. The molecule has 6 rings (SSSR count). The number of aryl methyl sites for hydroxylation is 1. The van der Waals surface area contributed by atoms with Gasteiger partial charge in [0.05, 0.1) is 30.7 Å². The molecule has 5 aliphatic rings. The molecule has 274 valence electrons. The number of cyclic esters (lactones) is 1. The van der Waals surface area contributed by atoms with Crippen LogP contribution in [-0.4, -0.2) is 87.7 Å². The molecular weight excluding hydrogens is 640 g/mol. The topological polar surface area (TPSA) is 155 Å². The zero-order chi connectivity index (χ0) is 36.1. The number of rotatable bonds is 4. The molecule has 4 bridgehead atoms. The Morgan fingerprint density at radius 1 is 1.10 bits per heavy atom. The molecule has 3 aliphatic heterocycles. The van der Waals surface area contributed by atoms with Crippen LogP contribution in [0.5, 0.6) is 0 Å². The first-order valence-corrected chi connectivity index (χ1v) is 18.5. The number of benzene rings is 1. The number of aliphatic hydroxyl groups excluding tert-OH is 1. The van der Waals surface area contributed by atoms with Crippen molar-refractivity contribution < 1.29 is 38.6 Å². The molecule has 3 fully saturated rings. The van der Waals surface area contributed by atoms with Crippen LogP contribution in [0.1, 0.15) is 96.8 Å². The van der Waals surface area contributed by atoms with Crippen LogP contribution >= 0.6 is 0 Å². The lowest BCUT2D eigenvalue weighted by Gasteiger charge is -2.44. The van der Waals surface area contributed by atoms with Crippen molar-refractivity contribution in [3.63, 3.8) is 0 Å². The van der Waals surface area contributed by atoms with E-state index in [1.54, 1.807) is 11.8 Å². The number of fused-ring (bicyclic) bond motifs is 3. The molecule has 0 spiro atoms. The summed E-state index contributed by atoms with van der Waals surface area (Å²) in [7, 11) is 0. The highest BCUT2D eigenvalue weighted by atomic mass is 16.6. The third kappa shape index (κ3) is 6.84. The smallest absolute Gasteiger partial charge is 0.410 e. The molecule has 3 N–H and O–H groups in total. The van der Waals surface area contributed by atoms with Gasteiger partial charge in [-0.05, 0) is 59.6 Å². The zero-order valence-corrected chi connectivity index (χ0v) is 30.3.